The number of rotatable bonds is 5. The van der Waals surface area contributed by atoms with E-state index in [0.29, 0.717) is 21.9 Å². The highest BCUT2D eigenvalue weighted by atomic mass is 79.9. The summed E-state index contributed by atoms with van der Waals surface area (Å²) in [6.07, 6.45) is 1.59. The summed E-state index contributed by atoms with van der Waals surface area (Å²) in [5.74, 6) is 0.902. The van der Waals surface area contributed by atoms with Gasteiger partial charge in [-0.3, -0.25) is 0 Å². The van der Waals surface area contributed by atoms with E-state index in [2.05, 4.69) is 36.5 Å². The molecule has 2 N–H and O–H groups in total. The number of anilines is 3. The topological polar surface area (TPSA) is 87.2 Å². The number of para-hydroxylation sites is 1. The zero-order valence-corrected chi connectivity index (χ0v) is 14.7. The van der Waals surface area contributed by atoms with Crippen LogP contribution >= 0.6 is 15.9 Å². The van der Waals surface area contributed by atoms with Gasteiger partial charge in [0.2, 0.25) is 16.0 Å². The Morgan fingerprint density at radius 1 is 1.23 bits per heavy atom. The molecule has 7 nitrogen and oxygen atoms in total. The van der Waals surface area contributed by atoms with Crippen molar-refractivity contribution in [2.75, 3.05) is 31.8 Å². The number of aromatic nitrogens is 2. The summed E-state index contributed by atoms with van der Waals surface area (Å²) in [5.41, 5.74) is 0.442. The summed E-state index contributed by atoms with van der Waals surface area (Å²) < 4.78 is 26.6. The zero-order valence-electron chi connectivity index (χ0n) is 12.3. The van der Waals surface area contributed by atoms with E-state index in [-0.39, 0.29) is 4.90 Å². The summed E-state index contributed by atoms with van der Waals surface area (Å²) >= 11 is 3.35. The van der Waals surface area contributed by atoms with Gasteiger partial charge in [0.25, 0.3) is 0 Å². The van der Waals surface area contributed by atoms with E-state index in [1.54, 1.807) is 37.5 Å². The molecule has 0 bridgehead atoms. The Kier molecular flexibility index (Phi) is 4.99. The lowest BCUT2D eigenvalue weighted by Crippen LogP contribution is -2.23. The first-order valence-electron chi connectivity index (χ1n) is 6.35. The van der Waals surface area contributed by atoms with Gasteiger partial charge in [0.05, 0.1) is 10.2 Å². The number of sulfonamides is 1. The Morgan fingerprint density at radius 3 is 2.55 bits per heavy atom. The molecule has 118 valence electrons. The number of nitrogens with zero attached hydrogens (tertiary/aromatic N) is 3. The fraction of sp³-hybridized carbons (Fsp3) is 0.231. The van der Waals surface area contributed by atoms with Crippen LogP contribution in [0.3, 0.4) is 0 Å². The number of halogens is 1. The Bertz CT molecular complexity index is 780. The highest BCUT2D eigenvalue weighted by molar-refractivity contribution is 9.10. The average Bonchev–Trinajstić information content (AvgIpc) is 2.49. The van der Waals surface area contributed by atoms with Crippen molar-refractivity contribution >= 4 is 43.4 Å². The van der Waals surface area contributed by atoms with E-state index in [1.165, 1.54) is 18.4 Å². The van der Waals surface area contributed by atoms with Crippen LogP contribution in [0.5, 0.6) is 0 Å². The van der Waals surface area contributed by atoms with E-state index < -0.39 is 10.0 Å². The lowest BCUT2D eigenvalue weighted by molar-refractivity contribution is 0.521. The van der Waals surface area contributed by atoms with Crippen molar-refractivity contribution in [3.8, 4) is 0 Å². The van der Waals surface area contributed by atoms with E-state index in [9.17, 15) is 8.42 Å². The van der Waals surface area contributed by atoms with E-state index in [1.807, 2.05) is 0 Å². The fourth-order valence-electron chi connectivity index (χ4n) is 1.69. The van der Waals surface area contributed by atoms with Crippen LogP contribution in [0, 0.1) is 0 Å². The number of hydrogen-bond acceptors (Lipinski definition) is 6. The minimum atomic E-state index is -3.56. The van der Waals surface area contributed by atoms with Gasteiger partial charge in [0.1, 0.15) is 10.7 Å². The van der Waals surface area contributed by atoms with Crippen molar-refractivity contribution in [2.45, 2.75) is 4.90 Å². The molecule has 0 saturated heterocycles. The number of nitrogens with one attached hydrogen (secondary N) is 2. The molecule has 2 aromatic rings. The predicted octanol–water partition coefficient (Wildman–Crippen LogP) is 2.27. The first-order valence-corrected chi connectivity index (χ1v) is 8.58. The normalized spacial score (nSPS) is 11.5. The van der Waals surface area contributed by atoms with Gasteiger partial charge >= 0.3 is 0 Å². The average molecular weight is 386 g/mol. The maximum atomic E-state index is 12.4. The number of hydrogen-bond donors (Lipinski definition) is 2. The first-order chi connectivity index (χ1) is 10.4. The smallest absolute Gasteiger partial charge is 0.244 e. The van der Waals surface area contributed by atoms with E-state index in [0.717, 1.165) is 0 Å². The van der Waals surface area contributed by atoms with Gasteiger partial charge in [0.15, 0.2) is 0 Å². The molecule has 0 atom stereocenters. The van der Waals surface area contributed by atoms with Crippen molar-refractivity contribution < 1.29 is 8.42 Å². The Morgan fingerprint density at radius 2 is 1.91 bits per heavy atom. The maximum absolute atomic E-state index is 12.4. The van der Waals surface area contributed by atoms with Gasteiger partial charge in [-0.1, -0.05) is 12.1 Å². The minimum Gasteiger partial charge on any atom is -0.357 e. The molecule has 0 radical (unpaired) electrons. The summed E-state index contributed by atoms with van der Waals surface area (Å²) in [6.45, 7) is 0. The largest absolute Gasteiger partial charge is 0.357 e. The Hall–Kier alpha value is -1.71. The third kappa shape index (κ3) is 3.37. The monoisotopic (exact) mass is 385 g/mol. The van der Waals surface area contributed by atoms with Crippen molar-refractivity contribution in [2.24, 2.45) is 0 Å². The molecule has 0 saturated carbocycles. The molecule has 9 heteroatoms. The molecule has 2 rings (SSSR count). The van der Waals surface area contributed by atoms with Crippen LogP contribution < -0.4 is 10.6 Å². The molecule has 0 aliphatic heterocycles. The molecule has 0 spiro atoms. The highest BCUT2D eigenvalue weighted by Crippen LogP contribution is 2.29. The highest BCUT2D eigenvalue weighted by Gasteiger charge is 2.21. The van der Waals surface area contributed by atoms with Gasteiger partial charge in [0, 0.05) is 27.3 Å². The van der Waals surface area contributed by atoms with Gasteiger partial charge in [-0.25, -0.2) is 17.7 Å². The van der Waals surface area contributed by atoms with Crippen LogP contribution in [0.15, 0.2) is 39.8 Å². The van der Waals surface area contributed by atoms with Crippen LogP contribution in [-0.2, 0) is 10.0 Å². The molecule has 1 aromatic heterocycles. The van der Waals surface area contributed by atoms with Gasteiger partial charge in [-0.15, -0.1) is 0 Å². The predicted molar refractivity (Wildman–Crippen MR) is 89.9 cm³/mol. The van der Waals surface area contributed by atoms with E-state index >= 15 is 0 Å². The molecule has 1 heterocycles. The third-order valence-electron chi connectivity index (χ3n) is 2.87. The van der Waals surface area contributed by atoms with Crippen LogP contribution in [0.4, 0.5) is 17.5 Å². The van der Waals surface area contributed by atoms with Crippen molar-refractivity contribution in [1.29, 1.82) is 0 Å². The standard InChI is InChI=1S/C13H16BrN5O2S/c1-15-13-16-8-9(14)12(18-13)17-10-6-4-5-7-11(10)22(20,21)19(2)3/h4-8H,1-3H3,(H2,15,16,17,18). The molecule has 0 aliphatic rings. The van der Waals surface area contributed by atoms with Gasteiger partial charge < -0.3 is 10.6 Å². The second kappa shape index (κ2) is 6.59. The second-order valence-electron chi connectivity index (χ2n) is 4.55. The number of benzene rings is 1. The molecule has 0 aliphatic carbocycles. The maximum Gasteiger partial charge on any atom is 0.244 e. The SMILES string of the molecule is CNc1ncc(Br)c(Nc2ccccc2S(=O)(=O)N(C)C)n1. The zero-order chi connectivity index (χ0) is 16.3. The summed E-state index contributed by atoms with van der Waals surface area (Å²) in [5, 5.41) is 5.87. The second-order valence-corrected chi connectivity index (χ2v) is 7.52. The van der Waals surface area contributed by atoms with Crippen LogP contribution in [0.2, 0.25) is 0 Å². The molecule has 0 unspecified atom stereocenters. The molecule has 0 fully saturated rings. The van der Waals surface area contributed by atoms with E-state index in [4.69, 9.17) is 0 Å². The van der Waals surface area contributed by atoms with Crippen LogP contribution in [0.1, 0.15) is 0 Å². The first kappa shape index (κ1) is 16.7. The molecular formula is C13H16BrN5O2S. The molecule has 1 aromatic carbocycles. The summed E-state index contributed by atoms with van der Waals surface area (Å²) in [6, 6.07) is 6.66. The van der Waals surface area contributed by atoms with Gasteiger partial charge in [-0.05, 0) is 28.1 Å². The molecule has 22 heavy (non-hydrogen) atoms. The Labute approximate surface area is 138 Å². The summed E-state index contributed by atoms with van der Waals surface area (Å²) in [4.78, 5) is 8.51. The molecule has 0 amide bonds. The van der Waals surface area contributed by atoms with Gasteiger partial charge in [-0.2, -0.15) is 4.98 Å². The third-order valence-corrected chi connectivity index (χ3v) is 5.32. The lowest BCUT2D eigenvalue weighted by atomic mass is 10.3. The minimum absolute atomic E-state index is 0.177. The molecular weight excluding hydrogens is 370 g/mol. The fourth-order valence-corrected chi connectivity index (χ4v) is 3.03. The van der Waals surface area contributed by atoms with Crippen LogP contribution in [-0.4, -0.2) is 43.8 Å². The van der Waals surface area contributed by atoms with Crippen LogP contribution in [0.25, 0.3) is 0 Å². The quantitative estimate of drug-likeness (QED) is 0.820. The Balaban J connectivity index is 2.48. The lowest BCUT2D eigenvalue weighted by Gasteiger charge is -2.16. The van der Waals surface area contributed by atoms with Crippen molar-refractivity contribution in [3.63, 3.8) is 0 Å². The van der Waals surface area contributed by atoms with Crippen molar-refractivity contribution in [3.05, 3.63) is 34.9 Å². The summed E-state index contributed by atoms with van der Waals surface area (Å²) in [7, 11) is 1.13. The van der Waals surface area contributed by atoms with Crippen molar-refractivity contribution in [1.82, 2.24) is 14.3 Å².